The molecular formula is C9H19F3N2. The molecule has 5 heteroatoms. The van der Waals surface area contributed by atoms with E-state index in [4.69, 9.17) is 0 Å². The molecule has 0 aliphatic carbocycles. The fourth-order valence-corrected chi connectivity index (χ4v) is 0.997. The van der Waals surface area contributed by atoms with Gasteiger partial charge in [0.2, 0.25) is 0 Å². The molecule has 86 valence electrons. The fraction of sp³-hybridized carbons (Fsp3) is 1.00. The lowest BCUT2D eigenvalue weighted by Crippen LogP contribution is -2.43. The molecule has 0 radical (unpaired) electrons. The first-order chi connectivity index (χ1) is 6.22. The van der Waals surface area contributed by atoms with Crippen molar-refractivity contribution in [2.75, 3.05) is 20.1 Å². The second kappa shape index (κ2) is 5.56. The molecule has 0 aromatic rings. The van der Waals surface area contributed by atoms with Gasteiger partial charge in [-0.1, -0.05) is 0 Å². The van der Waals surface area contributed by atoms with E-state index in [0.717, 1.165) is 0 Å². The van der Waals surface area contributed by atoms with Gasteiger partial charge in [0.1, 0.15) is 0 Å². The number of likely N-dealkylation sites (N-methyl/N-ethyl adjacent to an activating group) is 1. The van der Waals surface area contributed by atoms with Crippen molar-refractivity contribution in [3.63, 3.8) is 0 Å². The third-order valence-corrected chi connectivity index (χ3v) is 2.09. The van der Waals surface area contributed by atoms with Crippen molar-refractivity contribution in [3.05, 3.63) is 0 Å². The largest absolute Gasteiger partial charge is 0.401 e. The Kier molecular flexibility index (Phi) is 5.44. The number of halogens is 3. The van der Waals surface area contributed by atoms with Crippen LogP contribution >= 0.6 is 0 Å². The molecule has 0 amide bonds. The Bertz CT molecular complexity index is 157. The lowest BCUT2D eigenvalue weighted by atomic mass is 10.2. The highest BCUT2D eigenvalue weighted by molar-refractivity contribution is 4.69. The summed E-state index contributed by atoms with van der Waals surface area (Å²) >= 11 is 0. The zero-order valence-electron chi connectivity index (χ0n) is 9.15. The summed E-state index contributed by atoms with van der Waals surface area (Å²) in [7, 11) is 1.90. The van der Waals surface area contributed by atoms with E-state index in [2.05, 4.69) is 5.32 Å². The van der Waals surface area contributed by atoms with Crippen molar-refractivity contribution < 1.29 is 13.2 Å². The summed E-state index contributed by atoms with van der Waals surface area (Å²) in [5.74, 6) is 0. The van der Waals surface area contributed by atoms with Crippen LogP contribution in [0, 0.1) is 0 Å². The van der Waals surface area contributed by atoms with E-state index in [1.54, 1.807) is 6.92 Å². The topological polar surface area (TPSA) is 15.3 Å². The quantitative estimate of drug-likeness (QED) is 0.748. The highest BCUT2D eigenvalue weighted by Crippen LogP contribution is 2.12. The number of rotatable bonds is 5. The van der Waals surface area contributed by atoms with E-state index >= 15 is 0 Å². The van der Waals surface area contributed by atoms with Crippen molar-refractivity contribution in [2.45, 2.75) is 39.0 Å². The van der Waals surface area contributed by atoms with Crippen LogP contribution in [-0.4, -0.2) is 43.3 Å². The second-order valence-electron chi connectivity index (χ2n) is 3.93. The average molecular weight is 212 g/mol. The van der Waals surface area contributed by atoms with Crippen molar-refractivity contribution in [1.82, 2.24) is 10.2 Å². The van der Waals surface area contributed by atoms with Crippen LogP contribution in [0.15, 0.2) is 0 Å². The van der Waals surface area contributed by atoms with Gasteiger partial charge in [0.25, 0.3) is 0 Å². The van der Waals surface area contributed by atoms with Crippen LogP contribution < -0.4 is 5.32 Å². The molecule has 14 heavy (non-hydrogen) atoms. The van der Waals surface area contributed by atoms with Crippen LogP contribution in [0.3, 0.4) is 0 Å². The number of nitrogens with zero attached hydrogens (tertiary/aromatic N) is 1. The van der Waals surface area contributed by atoms with Crippen LogP contribution in [0.1, 0.15) is 20.8 Å². The van der Waals surface area contributed by atoms with Gasteiger partial charge in [-0.3, -0.25) is 0 Å². The average Bonchev–Trinajstić information content (AvgIpc) is 1.99. The third-order valence-electron chi connectivity index (χ3n) is 2.09. The van der Waals surface area contributed by atoms with E-state index < -0.39 is 12.7 Å². The Balaban J connectivity index is 3.71. The molecule has 0 heterocycles. The summed E-state index contributed by atoms with van der Waals surface area (Å²) in [4.78, 5) is 2.01. The first-order valence-corrected chi connectivity index (χ1v) is 4.72. The van der Waals surface area contributed by atoms with Crippen LogP contribution in [-0.2, 0) is 0 Å². The van der Waals surface area contributed by atoms with Crippen molar-refractivity contribution in [2.24, 2.45) is 0 Å². The molecule has 1 N–H and O–H groups in total. The molecule has 1 atom stereocenters. The number of hydrogen-bond acceptors (Lipinski definition) is 2. The lowest BCUT2D eigenvalue weighted by Gasteiger charge is -2.25. The first kappa shape index (κ1) is 13.7. The summed E-state index contributed by atoms with van der Waals surface area (Å²) in [6.07, 6.45) is -4.12. The summed E-state index contributed by atoms with van der Waals surface area (Å²) in [5.41, 5.74) is 0. The molecule has 0 saturated carbocycles. The van der Waals surface area contributed by atoms with Crippen molar-refractivity contribution >= 4 is 0 Å². The van der Waals surface area contributed by atoms with E-state index in [0.29, 0.717) is 12.6 Å². The molecule has 2 nitrogen and oxygen atoms in total. The van der Waals surface area contributed by atoms with Crippen molar-refractivity contribution in [3.8, 4) is 0 Å². The van der Waals surface area contributed by atoms with Crippen LogP contribution in [0.5, 0.6) is 0 Å². The molecule has 1 unspecified atom stereocenters. The molecule has 0 aromatic carbocycles. The number of alkyl halides is 3. The smallest absolute Gasteiger partial charge is 0.305 e. The van der Waals surface area contributed by atoms with Gasteiger partial charge in [-0.15, -0.1) is 0 Å². The molecular weight excluding hydrogens is 193 g/mol. The van der Waals surface area contributed by atoms with Gasteiger partial charge in [-0.25, -0.2) is 0 Å². The molecule has 0 rings (SSSR count). The summed E-state index contributed by atoms with van der Waals surface area (Å²) in [6, 6.07) is 0.203. The zero-order valence-corrected chi connectivity index (χ0v) is 9.15. The zero-order chi connectivity index (χ0) is 11.4. The van der Waals surface area contributed by atoms with Gasteiger partial charge in [0, 0.05) is 18.6 Å². The molecule has 0 aliphatic rings. The maximum absolute atomic E-state index is 11.8. The second-order valence-corrected chi connectivity index (χ2v) is 3.93. The van der Waals surface area contributed by atoms with Gasteiger partial charge in [0.15, 0.2) is 0 Å². The highest BCUT2D eigenvalue weighted by Gasteiger charge is 2.27. The number of nitrogens with one attached hydrogen (secondary N) is 1. The third kappa shape index (κ3) is 7.15. The minimum Gasteiger partial charge on any atom is -0.305 e. The molecule has 0 fully saturated rings. The molecule has 0 aliphatic heterocycles. The van der Waals surface area contributed by atoms with Crippen molar-refractivity contribution in [1.29, 1.82) is 0 Å². The van der Waals surface area contributed by atoms with E-state index in [-0.39, 0.29) is 6.04 Å². The maximum atomic E-state index is 11.8. The van der Waals surface area contributed by atoms with Gasteiger partial charge >= 0.3 is 6.18 Å². The molecule has 0 spiro atoms. The van der Waals surface area contributed by atoms with Crippen LogP contribution in [0.2, 0.25) is 0 Å². The lowest BCUT2D eigenvalue weighted by molar-refractivity contribution is -0.126. The summed E-state index contributed by atoms with van der Waals surface area (Å²) in [6.45, 7) is 5.48. The number of hydrogen-bond donors (Lipinski definition) is 1. The predicted octanol–water partition coefficient (Wildman–Crippen LogP) is 1.87. The first-order valence-electron chi connectivity index (χ1n) is 4.72. The Labute approximate surface area is 83.5 Å². The molecule has 0 saturated heterocycles. The Morgan fingerprint density at radius 2 is 1.71 bits per heavy atom. The highest BCUT2D eigenvalue weighted by atomic mass is 19.4. The SMILES string of the molecule is CC(CN(C)C(C)C)NCC(F)(F)F. The molecule has 0 bridgehead atoms. The van der Waals surface area contributed by atoms with Crippen LogP contribution in [0.4, 0.5) is 13.2 Å². The maximum Gasteiger partial charge on any atom is 0.401 e. The van der Waals surface area contributed by atoms with Gasteiger partial charge in [0.05, 0.1) is 6.54 Å². The Morgan fingerprint density at radius 1 is 1.21 bits per heavy atom. The Morgan fingerprint density at radius 3 is 2.07 bits per heavy atom. The molecule has 0 aromatic heterocycles. The van der Waals surface area contributed by atoms with E-state index in [1.165, 1.54) is 0 Å². The van der Waals surface area contributed by atoms with E-state index in [9.17, 15) is 13.2 Å². The standard InChI is InChI=1S/C9H19F3N2/c1-7(2)14(4)5-8(3)13-6-9(10,11)12/h7-8,13H,5-6H2,1-4H3. The monoisotopic (exact) mass is 212 g/mol. The fourth-order valence-electron chi connectivity index (χ4n) is 0.997. The van der Waals surface area contributed by atoms with Gasteiger partial charge in [-0.05, 0) is 27.8 Å². The summed E-state index contributed by atoms with van der Waals surface area (Å²) in [5, 5.41) is 2.44. The van der Waals surface area contributed by atoms with Gasteiger partial charge < -0.3 is 10.2 Å². The minimum absolute atomic E-state index is 0.149. The Hall–Kier alpha value is -0.290. The summed E-state index contributed by atoms with van der Waals surface area (Å²) < 4.78 is 35.5. The van der Waals surface area contributed by atoms with E-state index in [1.807, 2.05) is 25.8 Å². The van der Waals surface area contributed by atoms with Crippen LogP contribution in [0.25, 0.3) is 0 Å². The normalized spacial score (nSPS) is 15.2. The minimum atomic E-state index is -4.12. The van der Waals surface area contributed by atoms with Gasteiger partial charge in [-0.2, -0.15) is 13.2 Å². The predicted molar refractivity (Wildman–Crippen MR) is 51.3 cm³/mol.